The number of ether oxygens (including phenoxy) is 1. The van der Waals surface area contributed by atoms with E-state index in [0.717, 1.165) is 12.8 Å². The van der Waals surface area contributed by atoms with Gasteiger partial charge in [0.05, 0.1) is 7.11 Å². The molecule has 0 unspecified atom stereocenters. The second kappa shape index (κ2) is 5.43. The summed E-state index contributed by atoms with van der Waals surface area (Å²) < 4.78 is 4.76. The third kappa shape index (κ3) is 2.56. The van der Waals surface area contributed by atoms with Gasteiger partial charge in [0.25, 0.3) is 0 Å². The fraction of sp³-hybridized carbons (Fsp3) is 0.769. The average Bonchev–Trinajstić information content (AvgIpc) is 2.35. The molecule has 0 spiro atoms. The number of hydrogen-bond acceptors (Lipinski definition) is 4. The summed E-state index contributed by atoms with van der Waals surface area (Å²) in [6.45, 7) is 3.35. The Labute approximate surface area is 102 Å². The molecule has 4 nitrogen and oxygen atoms in total. The molecule has 1 saturated carbocycles. The van der Waals surface area contributed by atoms with Gasteiger partial charge in [0.15, 0.2) is 0 Å². The van der Waals surface area contributed by atoms with Crippen molar-refractivity contribution in [1.29, 1.82) is 0 Å². The average molecular weight is 240 g/mol. The first-order valence-corrected chi connectivity index (χ1v) is 6.10. The molecule has 1 aliphatic carbocycles. The van der Waals surface area contributed by atoms with Crippen LogP contribution in [-0.4, -0.2) is 24.6 Å². The minimum absolute atomic E-state index is 0.135. The van der Waals surface area contributed by atoms with Crippen LogP contribution in [0, 0.1) is 11.3 Å². The molecule has 17 heavy (non-hydrogen) atoms. The Morgan fingerprint density at radius 1 is 1.47 bits per heavy atom. The summed E-state index contributed by atoms with van der Waals surface area (Å²) in [4.78, 5) is 35.4. The Bertz CT molecular complexity index is 316. The van der Waals surface area contributed by atoms with E-state index >= 15 is 0 Å². The number of carbonyl (C=O) groups is 3. The van der Waals surface area contributed by atoms with Crippen LogP contribution >= 0.6 is 0 Å². The molecule has 0 radical (unpaired) electrons. The van der Waals surface area contributed by atoms with E-state index in [0.29, 0.717) is 12.8 Å². The van der Waals surface area contributed by atoms with Gasteiger partial charge < -0.3 is 4.74 Å². The van der Waals surface area contributed by atoms with Crippen LogP contribution in [0.5, 0.6) is 0 Å². The molecule has 0 heterocycles. The largest absolute Gasteiger partial charge is 0.468 e. The SMILES string of the molecule is CCC(=O)[C@](C)(C(=O)OC)[C@@H]1CCCC(=O)C1. The van der Waals surface area contributed by atoms with E-state index in [1.807, 2.05) is 0 Å². The molecule has 0 aromatic heterocycles. The van der Waals surface area contributed by atoms with Gasteiger partial charge in [-0.2, -0.15) is 0 Å². The van der Waals surface area contributed by atoms with E-state index in [1.54, 1.807) is 13.8 Å². The number of Topliss-reactive ketones (excluding diaryl/α,β-unsaturated/α-hetero) is 2. The van der Waals surface area contributed by atoms with Gasteiger partial charge in [0.1, 0.15) is 17.0 Å². The summed E-state index contributed by atoms with van der Waals surface area (Å²) in [6, 6.07) is 0. The lowest BCUT2D eigenvalue weighted by atomic mass is 9.66. The van der Waals surface area contributed by atoms with Gasteiger partial charge in [-0.3, -0.25) is 14.4 Å². The highest BCUT2D eigenvalue weighted by molar-refractivity contribution is 6.04. The summed E-state index contributed by atoms with van der Waals surface area (Å²) in [5.41, 5.74) is -1.15. The van der Waals surface area contributed by atoms with Crippen molar-refractivity contribution in [3.63, 3.8) is 0 Å². The maximum atomic E-state index is 12.0. The van der Waals surface area contributed by atoms with Crippen LogP contribution in [0.15, 0.2) is 0 Å². The second-order valence-electron chi connectivity index (χ2n) is 4.80. The standard InChI is InChI=1S/C13H20O4/c1-4-11(15)13(2,12(16)17-3)9-6-5-7-10(14)8-9/h9H,4-8H2,1-3H3/t9-,13-/m1/s1. The van der Waals surface area contributed by atoms with Gasteiger partial charge in [-0.05, 0) is 25.7 Å². The molecule has 0 aromatic carbocycles. The molecule has 0 aliphatic heterocycles. The minimum Gasteiger partial charge on any atom is -0.468 e. The molecule has 0 bridgehead atoms. The molecule has 0 saturated heterocycles. The first kappa shape index (κ1) is 13.9. The van der Waals surface area contributed by atoms with Crippen LogP contribution in [-0.2, 0) is 19.1 Å². The number of esters is 1. The minimum atomic E-state index is -1.15. The summed E-state index contributed by atoms with van der Waals surface area (Å²) in [5.74, 6) is -0.711. The molecule has 96 valence electrons. The van der Waals surface area contributed by atoms with E-state index in [-0.39, 0.29) is 23.9 Å². The van der Waals surface area contributed by atoms with E-state index < -0.39 is 11.4 Å². The van der Waals surface area contributed by atoms with Crippen molar-refractivity contribution in [1.82, 2.24) is 0 Å². The third-order valence-corrected chi connectivity index (χ3v) is 3.81. The van der Waals surface area contributed by atoms with Gasteiger partial charge in [0, 0.05) is 19.3 Å². The van der Waals surface area contributed by atoms with Gasteiger partial charge in [-0.15, -0.1) is 0 Å². The van der Waals surface area contributed by atoms with Crippen LogP contribution in [0.4, 0.5) is 0 Å². The quantitative estimate of drug-likeness (QED) is 0.556. The lowest BCUT2D eigenvalue weighted by Gasteiger charge is -2.35. The first-order chi connectivity index (χ1) is 7.96. The van der Waals surface area contributed by atoms with Gasteiger partial charge in [-0.25, -0.2) is 0 Å². The molecule has 1 aliphatic rings. The van der Waals surface area contributed by atoms with Crippen molar-refractivity contribution in [2.75, 3.05) is 7.11 Å². The van der Waals surface area contributed by atoms with E-state index in [4.69, 9.17) is 4.74 Å². The van der Waals surface area contributed by atoms with Crippen molar-refractivity contribution in [3.8, 4) is 0 Å². The molecule has 1 fully saturated rings. The smallest absolute Gasteiger partial charge is 0.319 e. The summed E-state index contributed by atoms with van der Waals surface area (Å²) in [5, 5.41) is 0. The van der Waals surface area contributed by atoms with Crippen molar-refractivity contribution in [3.05, 3.63) is 0 Å². The van der Waals surface area contributed by atoms with Crippen LogP contribution in [0.3, 0.4) is 0 Å². The molecule has 0 N–H and O–H groups in total. The molecule has 0 aromatic rings. The second-order valence-corrected chi connectivity index (χ2v) is 4.80. The monoisotopic (exact) mass is 240 g/mol. The Kier molecular flexibility index (Phi) is 4.43. The highest BCUT2D eigenvalue weighted by Crippen LogP contribution is 2.39. The van der Waals surface area contributed by atoms with Gasteiger partial charge >= 0.3 is 5.97 Å². The predicted molar refractivity (Wildman–Crippen MR) is 62.4 cm³/mol. The Hall–Kier alpha value is -1.19. The van der Waals surface area contributed by atoms with Crippen molar-refractivity contribution < 1.29 is 19.1 Å². The molecular formula is C13H20O4. The van der Waals surface area contributed by atoms with Crippen LogP contribution < -0.4 is 0 Å². The highest BCUT2D eigenvalue weighted by atomic mass is 16.5. The Morgan fingerprint density at radius 2 is 2.12 bits per heavy atom. The Morgan fingerprint density at radius 3 is 2.59 bits per heavy atom. The van der Waals surface area contributed by atoms with Crippen LogP contribution in [0.2, 0.25) is 0 Å². The third-order valence-electron chi connectivity index (χ3n) is 3.81. The van der Waals surface area contributed by atoms with Crippen molar-refractivity contribution in [2.24, 2.45) is 11.3 Å². The maximum Gasteiger partial charge on any atom is 0.319 e. The zero-order chi connectivity index (χ0) is 13.1. The highest BCUT2D eigenvalue weighted by Gasteiger charge is 2.48. The van der Waals surface area contributed by atoms with Gasteiger partial charge in [-0.1, -0.05) is 6.92 Å². The zero-order valence-electron chi connectivity index (χ0n) is 10.7. The normalized spacial score (nSPS) is 23.9. The number of carbonyl (C=O) groups excluding carboxylic acids is 3. The molecular weight excluding hydrogens is 220 g/mol. The number of rotatable bonds is 4. The van der Waals surface area contributed by atoms with Crippen molar-refractivity contribution >= 4 is 17.5 Å². The van der Waals surface area contributed by atoms with E-state index in [1.165, 1.54) is 7.11 Å². The number of hydrogen-bond donors (Lipinski definition) is 0. The molecule has 0 amide bonds. The molecule has 1 rings (SSSR count). The lowest BCUT2D eigenvalue weighted by Crippen LogP contribution is -2.45. The van der Waals surface area contributed by atoms with E-state index in [2.05, 4.69) is 0 Å². The van der Waals surface area contributed by atoms with Crippen molar-refractivity contribution in [2.45, 2.75) is 46.0 Å². The fourth-order valence-electron chi connectivity index (χ4n) is 2.60. The molecule has 4 heteroatoms. The fourth-order valence-corrected chi connectivity index (χ4v) is 2.60. The maximum absolute atomic E-state index is 12.0. The molecule has 2 atom stereocenters. The number of ketones is 2. The zero-order valence-corrected chi connectivity index (χ0v) is 10.7. The topological polar surface area (TPSA) is 60.4 Å². The van der Waals surface area contributed by atoms with E-state index in [9.17, 15) is 14.4 Å². The lowest BCUT2D eigenvalue weighted by molar-refractivity contribution is -0.162. The van der Waals surface area contributed by atoms with Crippen LogP contribution in [0.25, 0.3) is 0 Å². The summed E-state index contributed by atoms with van der Waals surface area (Å²) in [7, 11) is 1.29. The van der Waals surface area contributed by atoms with Crippen LogP contribution in [0.1, 0.15) is 46.0 Å². The predicted octanol–water partition coefficient (Wildman–Crippen LogP) is 1.90. The number of methoxy groups -OCH3 is 1. The first-order valence-electron chi connectivity index (χ1n) is 6.10. The van der Waals surface area contributed by atoms with Gasteiger partial charge in [0.2, 0.25) is 0 Å². The Balaban J connectivity index is 3.00. The summed E-state index contributed by atoms with van der Waals surface area (Å²) >= 11 is 0. The summed E-state index contributed by atoms with van der Waals surface area (Å²) in [6.07, 6.45) is 2.66.